The third-order valence-electron chi connectivity index (χ3n) is 4.79. The van der Waals surface area contributed by atoms with Gasteiger partial charge < -0.3 is 14.4 Å². The van der Waals surface area contributed by atoms with Gasteiger partial charge in [0, 0.05) is 32.1 Å². The van der Waals surface area contributed by atoms with E-state index in [1.165, 1.54) is 12.6 Å². The first-order valence-electron chi connectivity index (χ1n) is 7.88. The zero-order chi connectivity index (χ0) is 16.5. The van der Waals surface area contributed by atoms with Crippen molar-refractivity contribution in [2.45, 2.75) is 30.6 Å². The number of rotatable bonds is 3. The number of sulfone groups is 1. The van der Waals surface area contributed by atoms with E-state index >= 15 is 0 Å². The molecule has 0 N–H and O–H groups in total. The summed E-state index contributed by atoms with van der Waals surface area (Å²) in [6.45, 7) is 4.97. The molecule has 0 spiro atoms. The van der Waals surface area contributed by atoms with Crippen molar-refractivity contribution in [3.05, 3.63) is 18.1 Å². The van der Waals surface area contributed by atoms with Crippen molar-refractivity contribution >= 4 is 15.7 Å². The van der Waals surface area contributed by atoms with E-state index in [1.807, 2.05) is 6.07 Å². The summed E-state index contributed by atoms with van der Waals surface area (Å²) in [6, 6.07) is 2.03. The Hall–Kier alpha value is -1.25. The monoisotopic (exact) mass is 341 g/mol. The van der Waals surface area contributed by atoms with Crippen LogP contribution >= 0.6 is 0 Å². The lowest BCUT2D eigenvalue weighted by Crippen LogP contribution is -2.45. The molecule has 0 aliphatic carbocycles. The summed E-state index contributed by atoms with van der Waals surface area (Å²) in [6.07, 6.45) is 3.62. The van der Waals surface area contributed by atoms with Gasteiger partial charge in [-0.2, -0.15) is 0 Å². The number of hydrogen-bond acceptors (Lipinski definition) is 7. The Labute approximate surface area is 136 Å². The molecule has 1 aromatic heterocycles. The maximum absolute atomic E-state index is 12.5. The second-order valence-corrected chi connectivity index (χ2v) is 8.58. The quantitative estimate of drug-likeness (QED) is 0.802. The molecule has 2 aliphatic heterocycles. The van der Waals surface area contributed by atoms with Gasteiger partial charge in [-0.25, -0.2) is 18.4 Å². The maximum atomic E-state index is 12.5. The van der Waals surface area contributed by atoms with Crippen LogP contribution in [0.25, 0.3) is 0 Å². The first kappa shape index (κ1) is 16.6. The molecule has 0 amide bonds. The zero-order valence-electron chi connectivity index (χ0n) is 13.6. The number of ether oxygens (including phenoxy) is 2. The van der Waals surface area contributed by atoms with E-state index in [9.17, 15) is 8.42 Å². The molecular weight excluding hydrogens is 318 g/mol. The summed E-state index contributed by atoms with van der Waals surface area (Å²) >= 11 is 0. The Morgan fingerprint density at radius 3 is 2.61 bits per heavy atom. The fourth-order valence-electron chi connectivity index (χ4n) is 3.34. The maximum Gasteiger partial charge on any atom is 0.159 e. The number of aromatic nitrogens is 2. The first-order chi connectivity index (χ1) is 10.9. The Bertz CT molecular complexity index is 658. The van der Waals surface area contributed by atoms with Crippen LogP contribution in [0, 0.1) is 0 Å². The highest BCUT2D eigenvalue weighted by Gasteiger charge is 2.45. The second kappa shape index (κ2) is 6.33. The number of hydrogen-bond donors (Lipinski definition) is 0. The van der Waals surface area contributed by atoms with Crippen LogP contribution in [0.3, 0.4) is 0 Å². The van der Waals surface area contributed by atoms with E-state index in [0.29, 0.717) is 45.0 Å². The number of anilines is 1. The molecule has 2 fully saturated rings. The zero-order valence-corrected chi connectivity index (χ0v) is 14.4. The second-order valence-electron chi connectivity index (χ2n) is 6.26. The molecule has 8 heteroatoms. The van der Waals surface area contributed by atoms with Crippen molar-refractivity contribution in [2.24, 2.45) is 0 Å². The van der Waals surface area contributed by atoms with Gasteiger partial charge in [0.15, 0.2) is 9.84 Å². The molecule has 1 aromatic rings. The Morgan fingerprint density at radius 2 is 1.96 bits per heavy atom. The Kier molecular flexibility index (Phi) is 4.57. The van der Waals surface area contributed by atoms with Gasteiger partial charge in [0.25, 0.3) is 0 Å². The van der Waals surface area contributed by atoms with E-state index < -0.39 is 14.6 Å². The van der Waals surface area contributed by atoms with Gasteiger partial charge in [-0.15, -0.1) is 0 Å². The van der Waals surface area contributed by atoms with Crippen molar-refractivity contribution in [3.63, 3.8) is 0 Å². The fraction of sp³-hybridized carbons (Fsp3) is 0.733. The average molecular weight is 341 g/mol. The number of nitrogens with zero attached hydrogens (tertiary/aromatic N) is 3. The molecule has 0 aromatic carbocycles. The molecule has 3 rings (SSSR count). The summed E-state index contributed by atoms with van der Waals surface area (Å²) < 4.78 is 34.9. The van der Waals surface area contributed by atoms with Gasteiger partial charge in [-0.3, -0.25) is 0 Å². The van der Waals surface area contributed by atoms with Crippen LogP contribution in [-0.2, 0) is 24.1 Å². The molecule has 7 nitrogen and oxygen atoms in total. The number of morpholine rings is 1. The summed E-state index contributed by atoms with van der Waals surface area (Å²) in [5.74, 6) is 0.764. The normalized spacial score (nSPS) is 25.3. The lowest BCUT2D eigenvalue weighted by Gasteiger charge is -2.37. The van der Waals surface area contributed by atoms with Crippen LogP contribution < -0.4 is 4.90 Å². The summed E-state index contributed by atoms with van der Waals surface area (Å²) in [5.41, 5.74) is 0.576. The molecule has 0 saturated carbocycles. The lowest BCUT2D eigenvalue weighted by molar-refractivity contribution is 0.0731. The molecule has 23 heavy (non-hydrogen) atoms. The molecule has 3 heterocycles. The smallest absolute Gasteiger partial charge is 0.159 e. The van der Waals surface area contributed by atoms with Gasteiger partial charge in [0.1, 0.15) is 16.9 Å². The highest BCUT2D eigenvalue weighted by atomic mass is 32.2. The summed E-state index contributed by atoms with van der Waals surface area (Å²) in [7, 11) is -3.32. The molecule has 2 aliphatic rings. The van der Waals surface area contributed by atoms with Gasteiger partial charge in [-0.1, -0.05) is 0 Å². The first-order valence-corrected chi connectivity index (χ1v) is 9.77. The van der Waals surface area contributed by atoms with Crippen LogP contribution in [0.5, 0.6) is 0 Å². The van der Waals surface area contributed by atoms with Gasteiger partial charge in [0.2, 0.25) is 0 Å². The molecule has 1 atom stereocenters. The van der Waals surface area contributed by atoms with Crippen LogP contribution in [0.1, 0.15) is 25.5 Å². The topological polar surface area (TPSA) is 81.6 Å². The third kappa shape index (κ3) is 3.07. The molecule has 0 radical (unpaired) electrons. The molecular formula is C15H23N3O4S. The summed E-state index contributed by atoms with van der Waals surface area (Å²) in [4.78, 5) is 10.8. The lowest BCUT2D eigenvalue weighted by atomic mass is 9.94. The minimum atomic E-state index is -3.32. The van der Waals surface area contributed by atoms with Crippen LogP contribution in [-0.4, -0.2) is 63.7 Å². The van der Waals surface area contributed by atoms with E-state index in [1.54, 1.807) is 0 Å². The van der Waals surface area contributed by atoms with E-state index in [2.05, 4.69) is 21.8 Å². The molecule has 128 valence electrons. The van der Waals surface area contributed by atoms with Gasteiger partial charge in [-0.05, 0) is 19.8 Å². The third-order valence-corrected chi connectivity index (χ3v) is 6.83. The SMILES string of the molecule is C[C@H]1COCCN1c1cc(C2(S(C)(=O)=O)CCOCC2)ncn1. The van der Waals surface area contributed by atoms with Crippen LogP contribution in [0.15, 0.2) is 12.4 Å². The van der Waals surface area contributed by atoms with E-state index in [4.69, 9.17) is 9.47 Å². The highest BCUT2D eigenvalue weighted by Crippen LogP contribution is 2.39. The Morgan fingerprint density at radius 1 is 1.22 bits per heavy atom. The van der Waals surface area contributed by atoms with Crippen molar-refractivity contribution in [2.75, 3.05) is 44.1 Å². The minimum absolute atomic E-state index is 0.204. The van der Waals surface area contributed by atoms with Gasteiger partial charge >= 0.3 is 0 Å². The molecule has 0 unspecified atom stereocenters. The van der Waals surface area contributed by atoms with Crippen molar-refractivity contribution < 1.29 is 17.9 Å². The summed E-state index contributed by atoms with van der Waals surface area (Å²) in [5, 5.41) is 0. The molecule has 2 saturated heterocycles. The van der Waals surface area contributed by atoms with Crippen LogP contribution in [0.2, 0.25) is 0 Å². The highest BCUT2D eigenvalue weighted by molar-refractivity contribution is 7.91. The predicted octanol–water partition coefficient (Wildman–Crippen LogP) is 0.752. The van der Waals surface area contributed by atoms with Gasteiger partial charge in [0.05, 0.1) is 24.9 Å². The average Bonchev–Trinajstić information content (AvgIpc) is 2.55. The minimum Gasteiger partial charge on any atom is -0.381 e. The van der Waals surface area contributed by atoms with Crippen LogP contribution in [0.4, 0.5) is 5.82 Å². The van der Waals surface area contributed by atoms with Crippen molar-refractivity contribution in [3.8, 4) is 0 Å². The predicted molar refractivity (Wildman–Crippen MR) is 86.2 cm³/mol. The van der Waals surface area contributed by atoms with Crippen molar-refractivity contribution in [1.29, 1.82) is 0 Å². The molecule has 0 bridgehead atoms. The van der Waals surface area contributed by atoms with Crippen molar-refractivity contribution in [1.82, 2.24) is 9.97 Å². The van der Waals surface area contributed by atoms with E-state index in [0.717, 1.165) is 12.4 Å². The fourth-order valence-corrected chi connectivity index (χ4v) is 4.74. The standard InChI is InChI=1S/C15H23N3O4S/c1-12-10-22-8-5-18(12)14-9-13(16-11-17-14)15(23(2,19)20)3-6-21-7-4-15/h9,11-12H,3-8,10H2,1-2H3/t12-/m0/s1. The Balaban J connectivity index is 2.00. The largest absolute Gasteiger partial charge is 0.381 e. The van der Waals surface area contributed by atoms with E-state index in [-0.39, 0.29) is 6.04 Å².